The largest absolute Gasteiger partial charge is 0.345 e. The normalized spacial score (nSPS) is 10.6. The van der Waals surface area contributed by atoms with Crippen LogP contribution in [0.3, 0.4) is 0 Å². The van der Waals surface area contributed by atoms with Crippen molar-refractivity contribution in [2.45, 2.75) is 0 Å². The number of hydrogen-bond acceptors (Lipinski definition) is 4. The molecule has 0 aliphatic rings. The van der Waals surface area contributed by atoms with Crippen molar-refractivity contribution in [1.29, 1.82) is 5.26 Å². The number of nitrogens with one attached hydrogen (secondary N) is 1. The number of rotatable bonds is 0. The lowest BCUT2D eigenvalue weighted by Gasteiger charge is -1.97. The first-order chi connectivity index (χ1) is 7.40. The summed E-state index contributed by atoms with van der Waals surface area (Å²) >= 11 is 0. The van der Waals surface area contributed by atoms with Crippen molar-refractivity contribution >= 4 is 21.8 Å². The Morgan fingerprint density at radius 1 is 1.20 bits per heavy atom. The first-order valence-corrected chi connectivity index (χ1v) is 4.36. The number of nitrogens with zero attached hydrogens (tertiary/aromatic N) is 4. The van der Waals surface area contributed by atoms with Gasteiger partial charge in [0.05, 0.1) is 28.9 Å². The third kappa shape index (κ3) is 0.987. The third-order valence-electron chi connectivity index (χ3n) is 2.29. The molecule has 0 fully saturated rings. The molecule has 3 heterocycles. The van der Waals surface area contributed by atoms with Crippen LogP contribution in [0.1, 0.15) is 5.69 Å². The average Bonchev–Trinajstić information content (AvgIpc) is 2.72. The van der Waals surface area contributed by atoms with Crippen LogP contribution in [0.5, 0.6) is 0 Å². The second-order valence-corrected chi connectivity index (χ2v) is 3.12. The van der Waals surface area contributed by atoms with Crippen molar-refractivity contribution in [2.24, 2.45) is 0 Å². The maximum absolute atomic E-state index is 8.91. The van der Waals surface area contributed by atoms with Gasteiger partial charge in [0, 0.05) is 17.8 Å². The molecule has 0 aromatic carbocycles. The van der Waals surface area contributed by atoms with Gasteiger partial charge in [0.1, 0.15) is 6.07 Å². The number of hydrogen-bond donors (Lipinski definition) is 1. The van der Waals surface area contributed by atoms with Crippen LogP contribution in [0.15, 0.2) is 24.9 Å². The van der Waals surface area contributed by atoms with Crippen molar-refractivity contribution in [2.75, 3.05) is 0 Å². The number of fused-ring (bicyclic) bond motifs is 3. The molecule has 15 heavy (non-hydrogen) atoms. The minimum Gasteiger partial charge on any atom is -0.345 e. The Morgan fingerprint density at radius 2 is 2.13 bits per heavy atom. The van der Waals surface area contributed by atoms with Gasteiger partial charge in [0.25, 0.3) is 0 Å². The van der Waals surface area contributed by atoms with E-state index in [0.29, 0.717) is 5.69 Å². The molecule has 0 radical (unpaired) electrons. The molecule has 0 amide bonds. The van der Waals surface area contributed by atoms with Crippen LogP contribution in [-0.4, -0.2) is 19.9 Å². The summed E-state index contributed by atoms with van der Waals surface area (Å²) in [6.07, 6.45) is 6.59. The fraction of sp³-hybridized carbons (Fsp3) is 0. The van der Waals surface area contributed by atoms with Gasteiger partial charge in [0.15, 0.2) is 5.69 Å². The van der Waals surface area contributed by atoms with Crippen LogP contribution < -0.4 is 0 Å². The van der Waals surface area contributed by atoms with Gasteiger partial charge in [-0.15, -0.1) is 0 Å². The smallest absolute Gasteiger partial charge is 0.152 e. The first-order valence-electron chi connectivity index (χ1n) is 4.36. The summed E-state index contributed by atoms with van der Waals surface area (Å²) in [5.41, 5.74) is 1.97. The minimum atomic E-state index is 0.394. The summed E-state index contributed by atoms with van der Waals surface area (Å²) in [7, 11) is 0. The Labute approximate surface area is 84.4 Å². The molecule has 0 aliphatic heterocycles. The number of aromatic nitrogens is 4. The topological polar surface area (TPSA) is 78.2 Å². The van der Waals surface area contributed by atoms with E-state index in [4.69, 9.17) is 5.26 Å². The maximum atomic E-state index is 8.91. The molecular weight excluding hydrogens is 190 g/mol. The van der Waals surface area contributed by atoms with Crippen molar-refractivity contribution in [3.8, 4) is 6.07 Å². The molecule has 0 aliphatic carbocycles. The van der Waals surface area contributed by atoms with Gasteiger partial charge in [-0.1, -0.05) is 0 Å². The number of pyridine rings is 1. The van der Waals surface area contributed by atoms with Gasteiger partial charge in [-0.05, 0) is 0 Å². The fourth-order valence-electron chi connectivity index (χ4n) is 1.63. The Morgan fingerprint density at radius 3 is 3.00 bits per heavy atom. The molecule has 1 N–H and O–H groups in total. The zero-order valence-corrected chi connectivity index (χ0v) is 7.60. The van der Waals surface area contributed by atoms with Gasteiger partial charge >= 0.3 is 0 Å². The summed E-state index contributed by atoms with van der Waals surface area (Å²) in [4.78, 5) is 15.2. The summed E-state index contributed by atoms with van der Waals surface area (Å²) in [6, 6.07) is 2.05. The molecule has 5 nitrogen and oxygen atoms in total. The first kappa shape index (κ1) is 7.88. The van der Waals surface area contributed by atoms with E-state index in [-0.39, 0.29) is 0 Å². The second-order valence-electron chi connectivity index (χ2n) is 3.12. The predicted molar refractivity (Wildman–Crippen MR) is 53.9 cm³/mol. The van der Waals surface area contributed by atoms with Crippen molar-refractivity contribution in [3.63, 3.8) is 0 Å². The Hall–Kier alpha value is -2.48. The van der Waals surface area contributed by atoms with Crippen LogP contribution in [0, 0.1) is 11.3 Å². The Balaban J connectivity index is 2.63. The third-order valence-corrected chi connectivity index (χ3v) is 2.29. The summed E-state index contributed by atoms with van der Waals surface area (Å²) < 4.78 is 0. The second kappa shape index (κ2) is 2.75. The quantitative estimate of drug-likeness (QED) is 0.587. The predicted octanol–water partition coefficient (Wildman–Crippen LogP) is 1.38. The molecule has 3 aromatic rings. The van der Waals surface area contributed by atoms with Gasteiger partial charge in [-0.3, -0.25) is 4.98 Å². The lowest BCUT2D eigenvalue weighted by molar-refractivity contribution is 1.22. The number of aromatic amines is 1. The Bertz CT molecular complexity index is 692. The minimum absolute atomic E-state index is 0.394. The summed E-state index contributed by atoms with van der Waals surface area (Å²) in [5.74, 6) is 0. The van der Waals surface area contributed by atoms with Gasteiger partial charge in [0.2, 0.25) is 0 Å². The molecule has 0 saturated carbocycles. The summed E-state index contributed by atoms with van der Waals surface area (Å²) in [6.45, 7) is 0. The molecule has 0 saturated heterocycles. The highest BCUT2D eigenvalue weighted by atomic mass is 14.8. The van der Waals surface area contributed by atoms with Crippen molar-refractivity contribution in [1.82, 2.24) is 19.9 Å². The van der Waals surface area contributed by atoms with Crippen molar-refractivity contribution in [3.05, 3.63) is 30.6 Å². The zero-order chi connectivity index (χ0) is 10.3. The molecule has 70 valence electrons. The van der Waals surface area contributed by atoms with Gasteiger partial charge in [-0.25, -0.2) is 9.97 Å². The lowest BCUT2D eigenvalue weighted by Crippen LogP contribution is -1.85. The van der Waals surface area contributed by atoms with E-state index >= 15 is 0 Å². The molecular formula is C10H5N5. The molecule has 0 bridgehead atoms. The van der Waals surface area contributed by atoms with Crippen LogP contribution in [-0.2, 0) is 0 Å². The zero-order valence-electron chi connectivity index (χ0n) is 7.60. The SMILES string of the molecule is N#Cc1ncc2ncc3cnc[nH]c3c12. The highest BCUT2D eigenvalue weighted by Crippen LogP contribution is 2.23. The maximum Gasteiger partial charge on any atom is 0.152 e. The van der Waals surface area contributed by atoms with Crippen LogP contribution >= 0.6 is 0 Å². The van der Waals surface area contributed by atoms with E-state index in [2.05, 4.69) is 26.0 Å². The van der Waals surface area contributed by atoms with E-state index in [0.717, 1.165) is 21.8 Å². The average molecular weight is 195 g/mol. The van der Waals surface area contributed by atoms with Crippen molar-refractivity contribution < 1.29 is 0 Å². The fourth-order valence-corrected chi connectivity index (χ4v) is 1.63. The van der Waals surface area contributed by atoms with Gasteiger partial charge < -0.3 is 4.98 Å². The van der Waals surface area contributed by atoms with E-state index < -0.39 is 0 Å². The van der Waals surface area contributed by atoms with E-state index in [9.17, 15) is 0 Å². The van der Waals surface area contributed by atoms with Crippen LogP contribution in [0.25, 0.3) is 21.8 Å². The van der Waals surface area contributed by atoms with Crippen LogP contribution in [0.4, 0.5) is 0 Å². The molecule has 0 spiro atoms. The molecule has 0 atom stereocenters. The van der Waals surface area contributed by atoms with E-state index in [1.807, 2.05) is 0 Å². The van der Waals surface area contributed by atoms with E-state index in [1.54, 1.807) is 24.9 Å². The monoisotopic (exact) mass is 195 g/mol. The molecule has 5 heteroatoms. The summed E-state index contributed by atoms with van der Waals surface area (Å²) in [5, 5.41) is 10.5. The highest BCUT2D eigenvalue weighted by Gasteiger charge is 2.09. The highest BCUT2D eigenvalue weighted by molar-refractivity contribution is 6.05. The number of H-pyrrole nitrogens is 1. The standard InChI is InChI=1S/C10H5N5/c11-1-7-9-8(4-14-7)13-3-6-2-12-5-15-10(6)9/h2-5H,(H,12,15). The molecule has 0 unspecified atom stereocenters. The lowest BCUT2D eigenvalue weighted by atomic mass is 10.2. The van der Waals surface area contributed by atoms with Gasteiger partial charge in [-0.2, -0.15) is 5.26 Å². The molecule has 3 aromatic heterocycles. The van der Waals surface area contributed by atoms with Crippen LogP contribution in [0.2, 0.25) is 0 Å². The Kier molecular flexibility index (Phi) is 1.45. The van der Waals surface area contributed by atoms with E-state index in [1.165, 1.54) is 0 Å². The molecule has 3 rings (SSSR count). The number of nitriles is 1.